The van der Waals surface area contributed by atoms with E-state index in [0.29, 0.717) is 6.54 Å². The first kappa shape index (κ1) is 15.5. The number of hydrogen-bond donors (Lipinski definition) is 2. The molecule has 2 atom stereocenters. The second-order valence-corrected chi connectivity index (χ2v) is 6.22. The molecule has 1 aliphatic heterocycles. The largest absolute Gasteiger partial charge is 0.347 e. The van der Waals surface area contributed by atoms with Gasteiger partial charge in [-0.3, -0.25) is 0 Å². The smallest absolute Gasteiger partial charge is 0.192 e. The molecule has 3 nitrogen and oxygen atoms in total. The van der Waals surface area contributed by atoms with Crippen LogP contribution in [0, 0.1) is 0 Å². The quantitative estimate of drug-likeness (QED) is 0.753. The standard InChI is InChI=1S/C22H21N3/c1-4-10-17(11-5-1)16-23-22-24-20(18-12-6-2-7-13-18)21(25-22)19-14-8-3-9-15-19/h1-15,20-21H,16H2,(H2,23,24,25)/t20-,21-/m0/s1. The van der Waals surface area contributed by atoms with Gasteiger partial charge in [0.1, 0.15) is 0 Å². The Morgan fingerprint density at radius 3 is 1.52 bits per heavy atom. The van der Waals surface area contributed by atoms with Gasteiger partial charge in [-0.15, -0.1) is 0 Å². The van der Waals surface area contributed by atoms with Crippen LogP contribution in [0.25, 0.3) is 0 Å². The summed E-state index contributed by atoms with van der Waals surface area (Å²) in [6.45, 7) is 0.666. The van der Waals surface area contributed by atoms with Crippen LogP contribution in [0.3, 0.4) is 0 Å². The SMILES string of the molecule is c1ccc(CN=C2N[C@@H](c3ccccc3)[C@H](c3ccccc3)N2)cc1. The molecule has 1 heterocycles. The predicted molar refractivity (Wildman–Crippen MR) is 102 cm³/mol. The lowest BCUT2D eigenvalue weighted by atomic mass is 9.95. The molecule has 0 aliphatic carbocycles. The van der Waals surface area contributed by atoms with Crippen LogP contribution in [0.4, 0.5) is 0 Å². The van der Waals surface area contributed by atoms with Crippen molar-refractivity contribution in [3.05, 3.63) is 108 Å². The lowest BCUT2D eigenvalue weighted by Crippen LogP contribution is -2.25. The second kappa shape index (κ2) is 7.22. The van der Waals surface area contributed by atoms with E-state index in [2.05, 4.69) is 71.3 Å². The summed E-state index contributed by atoms with van der Waals surface area (Å²) in [5.41, 5.74) is 3.72. The molecule has 25 heavy (non-hydrogen) atoms. The monoisotopic (exact) mass is 327 g/mol. The minimum atomic E-state index is 0.165. The molecule has 0 bridgehead atoms. The Hall–Kier alpha value is -3.07. The van der Waals surface area contributed by atoms with Crippen molar-refractivity contribution in [2.24, 2.45) is 4.99 Å². The number of rotatable bonds is 4. The number of benzene rings is 3. The number of nitrogens with zero attached hydrogens (tertiary/aromatic N) is 1. The van der Waals surface area contributed by atoms with Crippen molar-refractivity contribution in [2.45, 2.75) is 18.6 Å². The molecule has 3 aromatic carbocycles. The summed E-state index contributed by atoms with van der Waals surface area (Å²) < 4.78 is 0. The van der Waals surface area contributed by atoms with Gasteiger partial charge in [0.15, 0.2) is 5.96 Å². The van der Waals surface area contributed by atoms with Crippen molar-refractivity contribution in [1.82, 2.24) is 10.6 Å². The molecule has 0 unspecified atom stereocenters. The fourth-order valence-corrected chi connectivity index (χ4v) is 3.22. The third kappa shape index (κ3) is 3.56. The van der Waals surface area contributed by atoms with Gasteiger partial charge in [-0.2, -0.15) is 0 Å². The van der Waals surface area contributed by atoms with Crippen molar-refractivity contribution in [3.8, 4) is 0 Å². The van der Waals surface area contributed by atoms with Crippen molar-refractivity contribution >= 4 is 5.96 Å². The summed E-state index contributed by atoms with van der Waals surface area (Å²) in [5.74, 6) is 0.853. The molecule has 1 fully saturated rings. The van der Waals surface area contributed by atoms with E-state index < -0.39 is 0 Å². The second-order valence-electron chi connectivity index (χ2n) is 6.22. The van der Waals surface area contributed by atoms with Gasteiger partial charge in [-0.05, 0) is 16.7 Å². The molecule has 0 radical (unpaired) electrons. The van der Waals surface area contributed by atoms with E-state index in [1.54, 1.807) is 0 Å². The molecule has 124 valence electrons. The molecule has 0 amide bonds. The number of aliphatic imine (C=N–C) groups is 1. The molecular formula is C22H21N3. The highest BCUT2D eigenvalue weighted by Gasteiger charge is 2.32. The Kier molecular flexibility index (Phi) is 4.46. The normalized spacial score (nSPS) is 19.1. The van der Waals surface area contributed by atoms with Crippen LogP contribution < -0.4 is 10.6 Å². The Morgan fingerprint density at radius 2 is 1.04 bits per heavy atom. The zero-order valence-electron chi connectivity index (χ0n) is 14.0. The number of guanidine groups is 1. The fourth-order valence-electron chi connectivity index (χ4n) is 3.22. The van der Waals surface area contributed by atoms with Crippen LogP contribution >= 0.6 is 0 Å². The lowest BCUT2D eigenvalue weighted by Gasteiger charge is -2.19. The molecule has 1 saturated heterocycles. The van der Waals surface area contributed by atoms with Crippen LogP contribution in [-0.4, -0.2) is 5.96 Å². The maximum Gasteiger partial charge on any atom is 0.192 e. The minimum absolute atomic E-state index is 0.165. The van der Waals surface area contributed by atoms with E-state index in [1.165, 1.54) is 16.7 Å². The van der Waals surface area contributed by atoms with E-state index in [9.17, 15) is 0 Å². The van der Waals surface area contributed by atoms with Gasteiger partial charge < -0.3 is 10.6 Å². The van der Waals surface area contributed by atoms with Crippen LogP contribution in [0.2, 0.25) is 0 Å². The molecule has 3 aromatic rings. The van der Waals surface area contributed by atoms with Gasteiger partial charge in [0, 0.05) is 0 Å². The number of nitrogens with one attached hydrogen (secondary N) is 2. The average Bonchev–Trinajstić information content (AvgIpc) is 3.13. The van der Waals surface area contributed by atoms with E-state index >= 15 is 0 Å². The van der Waals surface area contributed by atoms with Crippen molar-refractivity contribution in [1.29, 1.82) is 0 Å². The van der Waals surface area contributed by atoms with Crippen molar-refractivity contribution in [2.75, 3.05) is 0 Å². The zero-order chi connectivity index (χ0) is 16.9. The van der Waals surface area contributed by atoms with Crippen LogP contribution in [0.5, 0.6) is 0 Å². The van der Waals surface area contributed by atoms with Crippen molar-refractivity contribution in [3.63, 3.8) is 0 Å². The van der Waals surface area contributed by atoms with Gasteiger partial charge in [0.05, 0.1) is 18.6 Å². The first-order valence-electron chi connectivity index (χ1n) is 8.61. The van der Waals surface area contributed by atoms with Gasteiger partial charge in [0.25, 0.3) is 0 Å². The van der Waals surface area contributed by atoms with Gasteiger partial charge in [-0.1, -0.05) is 91.0 Å². The highest BCUT2D eigenvalue weighted by molar-refractivity contribution is 5.83. The lowest BCUT2D eigenvalue weighted by molar-refractivity contribution is 0.554. The van der Waals surface area contributed by atoms with Gasteiger partial charge in [-0.25, -0.2) is 4.99 Å². The van der Waals surface area contributed by atoms with Gasteiger partial charge in [0.2, 0.25) is 0 Å². The Bertz CT molecular complexity index is 779. The summed E-state index contributed by atoms with van der Waals surface area (Å²) in [7, 11) is 0. The highest BCUT2D eigenvalue weighted by atomic mass is 15.3. The molecule has 0 saturated carbocycles. The maximum absolute atomic E-state index is 4.74. The first-order chi connectivity index (χ1) is 12.4. The van der Waals surface area contributed by atoms with Crippen molar-refractivity contribution < 1.29 is 0 Å². The van der Waals surface area contributed by atoms with Crippen LogP contribution in [0.1, 0.15) is 28.8 Å². The summed E-state index contributed by atoms with van der Waals surface area (Å²) in [6.07, 6.45) is 0. The average molecular weight is 327 g/mol. The molecule has 0 aromatic heterocycles. The van der Waals surface area contributed by atoms with E-state index in [-0.39, 0.29) is 12.1 Å². The highest BCUT2D eigenvalue weighted by Crippen LogP contribution is 2.32. The minimum Gasteiger partial charge on any atom is -0.347 e. The van der Waals surface area contributed by atoms with Crippen LogP contribution in [-0.2, 0) is 6.54 Å². The molecular weight excluding hydrogens is 306 g/mol. The van der Waals surface area contributed by atoms with E-state index in [0.717, 1.165) is 5.96 Å². The molecule has 1 aliphatic rings. The third-order valence-corrected chi connectivity index (χ3v) is 4.50. The Labute approximate surface area is 148 Å². The maximum atomic E-state index is 4.74. The number of hydrogen-bond acceptors (Lipinski definition) is 1. The summed E-state index contributed by atoms with van der Waals surface area (Å²) >= 11 is 0. The van der Waals surface area contributed by atoms with E-state index in [4.69, 9.17) is 4.99 Å². The topological polar surface area (TPSA) is 36.4 Å². The predicted octanol–water partition coefficient (Wildman–Crippen LogP) is 4.22. The Morgan fingerprint density at radius 1 is 0.600 bits per heavy atom. The van der Waals surface area contributed by atoms with E-state index in [1.807, 2.05) is 30.3 Å². The van der Waals surface area contributed by atoms with Gasteiger partial charge >= 0.3 is 0 Å². The Balaban J connectivity index is 1.60. The zero-order valence-corrected chi connectivity index (χ0v) is 14.0. The molecule has 2 N–H and O–H groups in total. The summed E-state index contributed by atoms with van der Waals surface area (Å²) in [5, 5.41) is 7.13. The third-order valence-electron chi connectivity index (χ3n) is 4.50. The first-order valence-corrected chi connectivity index (χ1v) is 8.61. The molecule has 0 spiro atoms. The molecule has 4 rings (SSSR count). The summed E-state index contributed by atoms with van der Waals surface area (Å²) in [4.78, 5) is 4.74. The fraction of sp³-hybridized carbons (Fsp3) is 0.136. The molecule has 3 heteroatoms. The van der Waals surface area contributed by atoms with Crippen LogP contribution in [0.15, 0.2) is 96.0 Å². The summed E-state index contributed by atoms with van der Waals surface area (Å²) in [6, 6.07) is 31.7.